The molecule has 1 aliphatic heterocycles. The number of hydrogen-bond acceptors (Lipinski definition) is 2. The van der Waals surface area contributed by atoms with Crippen LogP contribution in [-0.2, 0) is 65.4 Å². The summed E-state index contributed by atoms with van der Waals surface area (Å²) in [4.78, 5) is 0. The molecule has 0 aromatic heterocycles. The van der Waals surface area contributed by atoms with Crippen LogP contribution in [0.5, 0.6) is 0 Å². The van der Waals surface area contributed by atoms with Crippen molar-refractivity contribution in [2.75, 3.05) is 11.5 Å². The molecule has 4 heteroatoms. The van der Waals surface area contributed by atoms with Crippen molar-refractivity contribution in [3.05, 3.63) is 11.5 Å². The summed E-state index contributed by atoms with van der Waals surface area (Å²) >= 11 is 3.79. The van der Waals surface area contributed by atoms with Crippen LogP contribution in [0.1, 0.15) is 0 Å². The van der Waals surface area contributed by atoms with Gasteiger partial charge in [-0.1, -0.05) is 0 Å². The van der Waals surface area contributed by atoms with E-state index in [0.717, 1.165) is 0 Å². The second-order valence-electron chi connectivity index (χ2n) is 1.00. The smallest absolute Gasteiger partial charge is 0 e. The molecular formula is C4H6S2Y2-2. The van der Waals surface area contributed by atoms with Crippen LogP contribution in [0.3, 0.4) is 0 Å². The van der Waals surface area contributed by atoms with E-state index >= 15 is 0 Å². The first kappa shape index (κ1) is 13.5. The van der Waals surface area contributed by atoms with E-state index in [9.17, 15) is 0 Å². The summed E-state index contributed by atoms with van der Waals surface area (Å²) in [7, 11) is 0. The van der Waals surface area contributed by atoms with Gasteiger partial charge >= 0.3 is 0 Å². The molecule has 0 aromatic rings. The van der Waals surface area contributed by atoms with Crippen LogP contribution in [0.4, 0.5) is 0 Å². The Kier molecular flexibility index (Phi) is 16.7. The van der Waals surface area contributed by atoms with Crippen molar-refractivity contribution in [2.45, 2.75) is 0 Å². The fraction of sp³-hybridized carbons (Fsp3) is 0.500. The van der Waals surface area contributed by atoms with Gasteiger partial charge in [0.1, 0.15) is 0 Å². The second kappa shape index (κ2) is 9.91. The van der Waals surface area contributed by atoms with E-state index in [1.807, 2.05) is 23.5 Å². The van der Waals surface area contributed by atoms with Crippen molar-refractivity contribution in [1.82, 2.24) is 0 Å². The Morgan fingerprint density at radius 3 is 1.38 bits per heavy atom. The van der Waals surface area contributed by atoms with E-state index in [0.29, 0.717) is 0 Å². The van der Waals surface area contributed by atoms with Gasteiger partial charge in [0.05, 0.1) is 0 Å². The maximum atomic E-state index is 2.24. The minimum atomic E-state index is 0. The molecule has 1 fully saturated rings. The zero-order valence-electron chi connectivity index (χ0n) is 4.54. The van der Waals surface area contributed by atoms with E-state index in [-0.39, 0.29) is 65.4 Å². The Morgan fingerprint density at radius 2 is 1.25 bits per heavy atom. The molecule has 1 aliphatic rings. The van der Waals surface area contributed by atoms with Gasteiger partial charge in [-0.25, -0.2) is 0 Å². The van der Waals surface area contributed by atoms with E-state index < -0.39 is 0 Å². The average molecular weight is 296 g/mol. The number of rotatable bonds is 0. The van der Waals surface area contributed by atoms with Crippen molar-refractivity contribution in [2.24, 2.45) is 0 Å². The predicted molar refractivity (Wildman–Crippen MR) is 33.5 cm³/mol. The molecule has 0 unspecified atom stereocenters. The van der Waals surface area contributed by atoms with Crippen LogP contribution in [0.2, 0.25) is 0 Å². The quantitative estimate of drug-likeness (QED) is 0.625. The fourth-order valence-corrected chi connectivity index (χ4v) is 1.98. The topological polar surface area (TPSA) is 0 Å². The first-order chi connectivity index (χ1) is 3.00. The SMILES string of the molecule is [CH-]1CS[CH-]CS1.[Y].[Y]. The molecule has 1 saturated heterocycles. The first-order valence-corrected chi connectivity index (χ1v) is 3.96. The van der Waals surface area contributed by atoms with Gasteiger partial charge in [0.15, 0.2) is 0 Å². The first-order valence-electron chi connectivity index (χ1n) is 1.87. The molecule has 1 rings (SSSR count). The summed E-state index contributed by atoms with van der Waals surface area (Å²) in [6, 6.07) is 0. The summed E-state index contributed by atoms with van der Waals surface area (Å²) in [5.74, 6) is 6.88. The summed E-state index contributed by atoms with van der Waals surface area (Å²) in [5.41, 5.74) is 0. The molecule has 0 atom stereocenters. The molecular weight excluding hydrogens is 290 g/mol. The van der Waals surface area contributed by atoms with Crippen molar-refractivity contribution in [1.29, 1.82) is 0 Å². The minimum absolute atomic E-state index is 0. The zero-order valence-corrected chi connectivity index (χ0v) is 11.8. The summed E-state index contributed by atoms with van der Waals surface area (Å²) in [6.45, 7) is 0. The summed E-state index contributed by atoms with van der Waals surface area (Å²) in [5, 5.41) is 0. The third kappa shape index (κ3) is 7.02. The van der Waals surface area contributed by atoms with E-state index in [1.54, 1.807) is 0 Å². The number of thioether (sulfide) groups is 2. The van der Waals surface area contributed by atoms with Crippen LogP contribution in [0.15, 0.2) is 0 Å². The molecule has 8 heavy (non-hydrogen) atoms. The monoisotopic (exact) mass is 296 g/mol. The molecule has 0 aliphatic carbocycles. The van der Waals surface area contributed by atoms with E-state index in [2.05, 4.69) is 11.5 Å². The molecule has 2 radical (unpaired) electrons. The molecule has 0 aromatic carbocycles. The molecule has 0 N–H and O–H groups in total. The van der Waals surface area contributed by atoms with Crippen LogP contribution in [-0.4, -0.2) is 11.5 Å². The van der Waals surface area contributed by atoms with Crippen LogP contribution < -0.4 is 0 Å². The molecule has 0 spiro atoms. The summed E-state index contributed by atoms with van der Waals surface area (Å²) < 4.78 is 0. The van der Waals surface area contributed by atoms with Gasteiger partial charge < -0.3 is 23.5 Å². The Morgan fingerprint density at radius 1 is 0.875 bits per heavy atom. The van der Waals surface area contributed by atoms with Crippen molar-refractivity contribution in [3.63, 3.8) is 0 Å². The second-order valence-corrected chi connectivity index (χ2v) is 3.00. The zero-order chi connectivity index (χ0) is 4.24. The maximum Gasteiger partial charge on any atom is 0 e. The van der Waals surface area contributed by atoms with E-state index in [1.165, 1.54) is 11.5 Å². The third-order valence-corrected chi connectivity index (χ3v) is 2.51. The molecule has 0 amide bonds. The maximum absolute atomic E-state index is 2.24. The minimum Gasteiger partial charge on any atom is -0.382 e. The van der Waals surface area contributed by atoms with Gasteiger partial charge in [-0.15, -0.1) is 0 Å². The van der Waals surface area contributed by atoms with Gasteiger partial charge in [-0.2, -0.15) is 11.5 Å². The Hall–Kier alpha value is 2.91. The molecule has 0 bridgehead atoms. The molecule has 42 valence electrons. The average Bonchev–Trinajstić information content (AvgIpc) is 1.72. The van der Waals surface area contributed by atoms with Gasteiger partial charge in [0, 0.05) is 65.4 Å². The van der Waals surface area contributed by atoms with Gasteiger partial charge in [-0.3, -0.25) is 11.5 Å². The predicted octanol–water partition coefficient (Wildman–Crippen LogP) is 1.78. The van der Waals surface area contributed by atoms with Crippen LogP contribution >= 0.6 is 23.5 Å². The fourth-order valence-electron chi connectivity index (χ4n) is 0.311. The van der Waals surface area contributed by atoms with Crippen LogP contribution in [0.25, 0.3) is 0 Å². The molecule has 1 heterocycles. The van der Waals surface area contributed by atoms with E-state index in [4.69, 9.17) is 0 Å². The van der Waals surface area contributed by atoms with Gasteiger partial charge in [-0.05, 0) is 0 Å². The van der Waals surface area contributed by atoms with Gasteiger partial charge in [0.25, 0.3) is 0 Å². The van der Waals surface area contributed by atoms with Gasteiger partial charge in [0.2, 0.25) is 0 Å². The largest absolute Gasteiger partial charge is 0.382 e. The standard InChI is InChI=1S/C4H6S2.2Y/c1-2-6-4-3-5-1;;/h1,4H,2-3H2;;/q-2;;. The van der Waals surface area contributed by atoms with Crippen molar-refractivity contribution in [3.8, 4) is 0 Å². The Bertz CT molecular complexity index is 27.5. The Balaban J connectivity index is 0. The Labute approximate surface area is 110 Å². The normalized spacial score (nSPS) is 18.0. The summed E-state index contributed by atoms with van der Waals surface area (Å²) in [6.07, 6.45) is 0. The van der Waals surface area contributed by atoms with Crippen molar-refractivity contribution >= 4 is 23.5 Å². The number of hydrogen-bond donors (Lipinski definition) is 0. The molecule has 0 nitrogen and oxygen atoms in total. The van der Waals surface area contributed by atoms with Crippen LogP contribution in [0, 0.1) is 11.5 Å². The molecule has 0 saturated carbocycles. The third-order valence-electron chi connectivity index (χ3n) is 0.564. The van der Waals surface area contributed by atoms with Crippen molar-refractivity contribution < 1.29 is 65.4 Å².